The Balaban J connectivity index is 2.27. The maximum Gasteiger partial charge on any atom is 0.181 e. The first kappa shape index (κ1) is 11.0. The van der Waals surface area contributed by atoms with Crippen molar-refractivity contribution in [3.8, 4) is 0 Å². The standard InChI is InChI=1S/C12H13F2NO/c13-11-9(5-6-10(15)12(11)14)7-1-3-8(16)4-2-7/h5-7H,1-4,15H2. The maximum absolute atomic E-state index is 13.6. The van der Waals surface area contributed by atoms with Crippen LogP contribution in [0, 0.1) is 11.6 Å². The van der Waals surface area contributed by atoms with Crippen LogP contribution in [0.2, 0.25) is 0 Å². The van der Waals surface area contributed by atoms with Crippen LogP contribution in [0.15, 0.2) is 12.1 Å². The van der Waals surface area contributed by atoms with Crippen LogP contribution in [-0.2, 0) is 4.79 Å². The average Bonchev–Trinajstić information content (AvgIpc) is 2.28. The normalized spacial score (nSPS) is 17.8. The van der Waals surface area contributed by atoms with Gasteiger partial charge in [0.05, 0.1) is 5.69 Å². The molecule has 16 heavy (non-hydrogen) atoms. The molecule has 2 nitrogen and oxygen atoms in total. The lowest BCUT2D eigenvalue weighted by atomic mass is 9.83. The molecule has 1 aliphatic carbocycles. The van der Waals surface area contributed by atoms with Crippen LogP contribution >= 0.6 is 0 Å². The first-order valence-corrected chi connectivity index (χ1v) is 5.34. The van der Waals surface area contributed by atoms with Gasteiger partial charge in [-0.3, -0.25) is 4.79 Å². The van der Waals surface area contributed by atoms with Crippen molar-refractivity contribution in [2.75, 3.05) is 5.73 Å². The quantitative estimate of drug-likeness (QED) is 0.747. The number of carbonyl (C=O) groups is 1. The summed E-state index contributed by atoms with van der Waals surface area (Å²) < 4.78 is 26.9. The van der Waals surface area contributed by atoms with E-state index in [0.29, 0.717) is 31.2 Å². The van der Waals surface area contributed by atoms with E-state index in [0.717, 1.165) is 0 Å². The summed E-state index contributed by atoms with van der Waals surface area (Å²) in [7, 11) is 0. The van der Waals surface area contributed by atoms with E-state index in [-0.39, 0.29) is 17.4 Å². The second-order valence-electron chi connectivity index (χ2n) is 4.18. The molecule has 0 atom stereocenters. The van der Waals surface area contributed by atoms with Crippen LogP contribution in [0.3, 0.4) is 0 Å². The number of anilines is 1. The Morgan fingerprint density at radius 1 is 1.12 bits per heavy atom. The highest BCUT2D eigenvalue weighted by atomic mass is 19.2. The van der Waals surface area contributed by atoms with Crippen molar-refractivity contribution < 1.29 is 13.6 Å². The number of halogens is 2. The first-order valence-electron chi connectivity index (χ1n) is 5.34. The third-order valence-corrected chi connectivity index (χ3v) is 3.13. The summed E-state index contributed by atoms with van der Waals surface area (Å²) in [6, 6.07) is 2.90. The lowest BCUT2D eigenvalue weighted by Crippen LogP contribution is -2.14. The number of Topliss-reactive ketones (excluding diaryl/α,β-unsaturated/α-hetero) is 1. The fourth-order valence-electron chi connectivity index (χ4n) is 2.15. The van der Waals surface area contributed by atoms with Gasteiger partial charge < -0.3 is 5.73 Å². The summed E-state index contributed by atoms with van der Waals surface area (Å²) in [5.74, 6) is -1.70. The monoisotopic (exact) mass is 225 g/mol. The predicted octanol–water partition coefficient (Wildman–Crippen LogP) is 2.77. The Bertz CT molecular complexity index is 421. The Kier molecular flexibility index (Phi) is 2.90. The second-order valence-corrected chi connectivity index (χ2v) is 4.18. The van der Waals surface area contributed by atoms with Crippen molar-refractivity contribution >= 4 is 11.5 Å². The molecule has 0 bridgehead atoms. The molecule has 1 aliphatic rings. The van der Waals surface area contributed by atoms with Crippen molar-refractivity contribution in [3.63, 3.8) is 0 Å². The Morgan fingerprint density at radius 3 is 2.38 bits per heavy atom. The van der Waals surface area contributed by atoms with Crippen molar-refractivity contribution in [1.82, 2.24) is 0 Å². The lowest BCUT2D eigenvalue weighted by Gasteiger charge is -2.22. The highest BCUT2D eigenvalue weighted by molar-refractivity contribution is 5.79. The summed E-state index contributed by atoms with van der Waals surface area (Å²) in [6.07, 6.45) is 2.10. The zero-order valence-corrected chi connectivity index (χ0v) is 8.80. The molecular weight excluding hydrogens is 212 g/mol. The van der Waals surface area contributed by atoms with E-state index in [9.17, 15) is 13.6 Å². The van der Waals surface area contributed by atoms with Crippen LogP contribution in [0.25, 0.3) is 0 Å². The zero-order chi connectivity index (χ0) is 11.7. The molecule has 1 aromatic rings. The van der Waals surface area contributed by atoms with E-state index in [2.05, 4.69) is 0 Å². The summed E-state index contributed by atoms with van der Waals surface area (Å²) in [6.45, 7) is 0. The molecule has 2 rings (SSSR count). The van der Waals surface area contributed by atoms with E-state index < -0.39 is 11.6 Å². The fourth-order valence-corrected chi connectivity index (χ4v) is 2.15. The van der Waals surface area contributed by atoms with Gasteiger partial charge in [0.15, 0.2) is 11.6 Å². The largest absolute Gasteiger partial charge is 0.396 e. The van der Waals surface area contributed by atoms with Crippen molar-refractivity contribution in [3.05, 3.63) is 29.3 Å². The molecule has 0 aliphatic heterocycles. The minimum atomic E-state index is -0.977. The Labute approximate surface area is 92.4 Å². The first-order chi connectivity index (χ1) is 7.59. The molecule has 4 heteroatoms. The summed E-state index contributed by atoms with van der Waals surface area (Å²) >= 11 is 0. The minimum absolute atomic E-state index is 0.0622. The van der Waals surface area contributed by atoms with Crippen molar-refractivity contribution in [2.45, 2.75) is 31.6 Å². The number of carbonyl (C=O) groups excluding carboxylic acids is 1. The molecule has 1 fully saturated rings. The van der Waals surface area contributed by atoms with Gasteiger partial charge in [-0.05, 0) is 30.4 Å². The molecule has 0 radical (unpaired) electrons. The van der Waals surface area contributed by atoms with Gasteiger partial charge in [0, 0.05) is 12.8 Å². The van der Waals surface area contributed by atoms with Gasteiger partial charge in [-0.15, -0.1) is 0 Å². The molecule has 2 N–H and O–H groups in total. The molecule has 1 aromatic carbocycles. The van der Waals surface area contributed by atoms with Crippen LogP contribution < -0.4 is 5.73 Å². The average molecular weight is 225 g/mol. The van der Waals surface area contributed by atoms with Gasteiger partial charge in [-0.25, -0.2) is 8.78 Å². The van der Waals surface area contributed by atoms with E-state index in [1.54, 1.807) is 0 Å². The maximum atomic E-state index is 13.6. The predicted molar refractivity (Wildman–Crippen MR) is 57.0 cm³/mol. The molecule has 1 saturated carbocycles. The van der Waals surface area contributed by atoms with Crippen molar-refractivity contribution in [1.29, 1.82) is 0 Å². The number of nitrogens with two attached hydrogens (primary N) is 1. The lowest BCUT2D eigenvalue weighted by molar-refractivity contribution is -0.120. The summed E-state index contributed by atoms with van der Waals surface area (Å²) in [4.78, 5) is 11.1. The summed E-state index contributed by atoms with van der Waals surface area (Å²) in [5, 5.41) is 0. The molecule has 86 valence electrons. The smallest absolute Gasteiger partial charge is 0.181 e. The highest BCUT2D eigenvalue weighted by Gasteiger charge is 2.24. The molecule has 0 spiro atoms. The Hall–Kier alpha value is -1.45. The van der Waals surface area contributed by atoms with Crippen LogP contribution in [0.4, 0.5) is 14.5 Å². The van der Waals surface area contributed by atoms with Crippen LogP contribution in [0.5, 0.6) is 0 Å². The number of hydrogen-bond donors (Lipinski definition) is 1. The molecule has 0 unspecified atom stereocenters. The van der Waals surface area contributed by atoms with Gasteiger partial charge >= 0.3 is 0 Å². The molecule has 0 saturated heterocycles. The number of ketones is 1. The highest BCUT2D eigenvalue weighted by Crippen LogP contribution is 2.34. The Morgan fingerprint density at radius 2 is 1.75 bits per heavy atom. The van der Waals surface area contributed by atoms with Gasteiger partial charge in [0.1, 0.15) is 5.78 Å². The SMILES string of the molecule is Nc1ccc(C2CCC(=O)CC2)c(F)c1F. The van der Waals surface area contributed by atoms with E-state index in [4.69, 9.17) is 5.73 Å². The molecular formula is C12H13F2NO. The number of rotatable bonds is 1. The zero-order valence-electron chi connectivity index (χ0n) is 8.80. The second kappa shape index (κ2) is 4.20. The third-order valence-electron chi connectivity index (χ3n) is 3.13. The fraction of sp³-hybridized carbons (Fsp3) is 0.417. The number of hydrogen-bond acceptors (Lipinski definition) is 2. The molecule has 0 aromatic heterocycles. The number of benzene rings is 1. The third kappa shape index (κ3) is 1.92. The van der Waals surface area contributed by atoms with Crippen molar-refractivity contribution in [2.24, 2.45) is 0 Å². The van der Waals surface area contributed by atoms with E-state index >= 15 is 0 Å². The van der Waals surface area contributed by atoms with Gasteiger partial charge in [-0.2, -0.15) is 0 Å². The van der Waals surface area contributed by atoms with E-state index in [1.807, 2.05) is 0 Å². The van der Waals surface area contributed by atoms with Gasteiger partial charge in [0.25, 0.3) is 0 Å². The van der Waals surface area contributed by atoms with Gasteiger partial charge in [0.2, 0.25) is 0 Å². The number of nitrogen functional groups attached to an aromatic ring is 1. The van der Waals surface area contributed by atoms with Gasteiger partial charge in [-0.1, -0.05) is 6.07 Å². The molecule has 0 heterocycles. The summed E-state index contributed by atoms with van der Waals surface area (Å²) in [5.41, 5.74) is 5.45. The van der Waals surface area contributed by atoms with Crippen LogP contribution in [-0.4, -0.2) is 5.78 Å². The molecule has 0 amide bonds. The van der Waals surface area contributed by atoms with Crippen LogP contribution in [0.1, 0.15) is 37.2 Å². The topological polar surface area (TPSA) is 43.1 Å². The van der Waals surface area contributed by atoms with E-state index in [1.165, 1.54) is 12.1 Å². The minimum Gasteiger partial charge on any atom is -0.396 e.